The van der Waals surface area contributed by atoms with Crippen LogP contribution in [-0.2, 0) is 4.79 Å². The molecule has 2 rings (SSSR count). The third-order valence-electron chi connectivity index (χ3n) is 4.31. The first-order valence-electron chi connectivity index (χ1n) is 7.40. The van der Waals surface area contributed by atoms with Crippen molar-refractivity contribution in [2.24, 2.45) is 11.8 Å². The summed E-state index contributed by atoms with van der Waals surface area (Å²) in [6.45, 7) is 4.07. The minimum atomic E-state index is 0.253. The molecular formula is C14H26N2O2. The minimum Gasteiger partial charge on any atom is -0.396 e. The number of amides is 1. The second-order valence-corrected chi connectivity index (χ2v) is 5.76. The summed E-state index contributed by atoms with van der Waals surface area (Å²) in [5, 5.41) is 12.2. The number of carbonyl (C=O) groups excluding carboxylic acids is 1. The number of nitrogens with one attached hydrogen (secondary N) is 1. The van der Waals surface area contributed by atoms with E-state index in [4.69, 9.17) is 5.11 Å². The molecule has 0 spiro atoms. The Balaban J connectivity index is 1.61. The standard InChI is InChI=1S/C14H26N2O2/c17-11-12-4-3-8-16(10-12)9-7-15-14(18)13-5-1-2-6-13/h12-13,17H,1-11H2,(H,15,18)/t12-/m1/s1. The highest BCUT2D eigenvalue weighted by Gasteiger charge is 2.23. The summed E-state index contributed by atoms with van der Waals surface area (Å²) in [5.74, 6) is 0.962. The van der Waals surface area contributed by atoms with Crippen molar-refractivity contribution in [3.05, 3.63) is 0 Å². The zero-order valence-corrected chi connectivity index (χ0v) is 11.2. The van der Waals surface area contributed by atoms with Crippen LogP contribution >= 0.6 is 0 Å². The summed E-state index contributed by atoms with van der Waals surface area (Å²) >= 11 is 0. The van der Waals surface area contributed by atoms with Gasteiger partial charge in [-0.1, -0.05) is 12.8 Å². The SMILES string of the molecule is O=C(NCCN1CCC[C@@H](CO)C1)C1CCCC1. The Morgan fingerprint density at radius 1 is 1.22 bits per heavy atom. The highest BCUT2D eigenvalue weighted by molar-refractivity contribution is 5.78. The van der Waals surface area contributed by atoms with Crippen molar-refractivity contribution < 1.29 is 9.90 Å². The monoisotopic (exact) mass is 254 g/mol. The minimum absolute atomic E-state index is 0.253. The molecular weight excluding hydrogens is 228 g/mol. The molecule has 0 aromatic rings. The molecule has 0 bridgehead atoms. The summed E-state index contributed by atoms with van der Waals surface area (Å²) < 4.78 is 0. The number of carbonyl (C=O) groups is 1. The maximum absolute atomic E-state index is 11.8. The van der Waals surface area contributed by atoms with Crippen molar-refractivity contribution in [1.29, 1.82) is 0 Å². The fourth-order valence-electron chi connectivity index (χ4n) is 3.17. The van der Waals surface area contributed by atoms with Crippen LogP contribution in [0, 0.1) is 11.8 Å². The van der Waals surface area contributed by atoms with Gasteiger partial charge in [0.25, 0.3) is 0 Å². The van der Waals surface area contributed by atoms with Gasteiger partial charge in [-0.3, -0.25) is 4.79 Å². The second-order valence-electron chi connectivity index (χ2n) is 5.76. The maximum Gasteiger partial charge on any atom is 0.223 e. The molecule has 4 nitrogen and oxygen atoms in total. The zero-order valence-electron chi connectivity index (χ0n) is 11.2. The van der Waals surface area contributed by atoms with Crippen LogP contribution in [0.15, 0.2) is 0 Å². The van der Waals surface area contributed by atoms with Gasteiger partial charge in [-0.15, -0.1) is 0 Å². The van der Waals surface area contributed by atoms with E-state index in [0.29, 0.717) is 12.5 Å². The van der Waals surface area contributed by atoms with E-state index in [0.717, 1.165) is 45.4 Å². The predicted molar refractivity (Wildman–Crippen MR) is 71.2 cm³/mol. The number of rotatable bonds is 5. The van der Waals surface area contributed by atoms with Gasteiger partial charge in [0.05, 0.1) is 0 Å². The van der Waals surface area contributed by atoms with Crippen molar-refractivity contribution in [3.8, 4) is 0 Å². The van der Waals surface area contributed by atoms with Crippen LogP contribution in [0.1, 0.15) is 38.5 Å². The number of hydrogen-bond donors (Lipinski definition) is 2. The number of piperidine rings is 1. The summed E-state index contributed by atoms with van der Waals surface area (Å²) in [7, 11) is 0. The molecule has 1 saturated heterocycles. The fourth-order valence-corrected chi connectivity index (χ4v) is 3.17. The average molecular weight is 254 g/mol. The van der Waals surface area contributed by atoms with Crippen LogP contribution in [0.5, 0.6) is 0 Å². The lowest BCUT2D eigenvalue weighted by molar-refractivity contribution is -0.124. The molecule has 0 aromatic heterocycles. The third kappa shape index (κ3) is 3.95. The van der Waals surface area contributed by atoms with Crippen molar-refractivity contribution in [3.63, 3.8) is 0 Å². The Bertz CT molecular complexity index is 265. The van der Waals surface area contributed by atoms with Crippen LogP contribution in [0.25, 0.3) is 0 Å². The topological polar surface area (TPSA) is 52.6 Å². The smallest absolute Gasteiger partial charge is 0.223 e. The number of hydrogen-bond acceptors (Lipinski definition) is 3. The number of likely N-dealkylation sites (tertiary alicyclic amines) is 1. The molecule has 1 aliphatic heterocycles. The van der Waals surface area contributed by atoms with Crippen LogP contribution < -0.4 is 5.32 Å². The number of aliphatic hydroxyl groups excluding tert-OH is 1. The molecule has 4 heteroatoms. The van der Waals surface area contributed by atoms with Gasteiger partial charge in [-0.05, 0) is 38.1 Å². The second kappa shape index (κ2) is 7.10. The van der Waals surface area contributed by atoms with Gasteiger partial charge >= 0.3 is 0 Å². The molecule has 0 radical (unpaired) electrons. The van der Waals surface area contributed by atoms with E-state index >= 15 is 0 Å². The van der Waals surface area contributed by atoms with E-state index in [2.05, 4.69) is 10.2 Å². The first-order valence-corrected chi connectivity index (χ1v) is 7.40. The summed E-state index contributed by atoms with van der Waals surface area (Å²) in [6.07, 6.45) is 6.87. The lowest BCUT2D eigenvalue weighted by Gasteiger charge is -2.31. The molecule has 0 aromatic carbocycles. The van der Waals surface area contributed by atoms with Crippen molar-refractivity contribution in [2.75, 3.05) is 32.8 Å². The van der Waals surface area contributed by atoms with E-state index < -0.39 is 0 Å². The number of aliphatic hydroxyl groups is 1. The van der Waals surface area contributed by atoms with Crippen LogP contribution in [0.2, 0.25) is 0 Å². The molecule has 2 fully saturated rings. The normalized spacial score (nSPS) is 26.4. The number of nitrogens with zero attached hydrogens (tertiary/aromatic N) is 1. The van der Waals surface area contributed by atoms with Gasteiger partial charge in [0.2, 0.25) is 5.91 Å². The maximum atomic E-state index is 11.8. The first kappa shape index (κ1) is 13.8. The van der Waals surface area contributed by atoms with Crippen molar-refractivity contribution >= 4 is 5.91 Å². The lowest BCUT2D eigenvalue weighted by atomic mass is 9.99. The lowest BCUT2D eigenvalue weighted by Crippen LogP contribution is -2.42. The van der Waals surface area contributed by atoms with E-state index in [-0.39, 0.29) is 11.8 Å². The van der Waals surface area contributed by atoms with Gasteiger partial charge in [-0.2, -0.15) is 0 Å². The van der Waals surface area contributed by atoms with Crippen molar-refractivity contribution in [2.45, 2.75) is 38.5 Å². The summed E-state index contributed by atoms with van der Waals surface area (Å²) in [6, 6.07) is 0. The molecule has 1 atom stereocenters. The van der Waals surface area contributed by atoms with Crippen LogP contribution in [0.3, 0.4) is 0 Å². The molecule has 2 N–H and O–H groups in total. The van der Waals surface area contributed by atoms with Gasteiger partial charge in [0.1, 0.15) is 0 Å². The fraction of sp³-hybridized carbons (Fsp3) is 0.929. The Hall–Kier alpha value is -0.610. The molecule has 2 aliphatic rings. The van der Waals surface area contributed by atoms with E-state index in [1.165, 1.54) is 19.3 Å². The van der Waals surface area contributed by atoms with E-state index in [1.807, 2.05) is 0 Å². The van der Waals surface area contributed by atoms with E-state index in [9.17, 15) is 4.79 Å². The van der Waals surface area contributed by atoms with Crippen LogP contribution in [0.4, 0.5) is 0 Å². The quantitative estimate of drug-likeness (QED) is 0.769. The molecule has 1 aliphatic carbocycles. The Labute approximate surface area is 110 Å². The van der Waals surface area contributed by atoms with Gasteiger partial charge in [0, 0.05) is 32.2 Å². The van der Waals surface area contributed by atoms with Crippen LogP contribution in [-0.4, -0.2) is 48.7 Å². The molecule has 1 saturated carbocycles. The summed E-state index contributed by atoms with van der Waals surface area (Å²) in [4.78, 5) is 14.2. The van der Waals surface area contributed by atoms with E-state index in [1.54, 1.807) is 0 Å². The molecule has 1 heterocycles. The predicted octanol–water partition coefficient (Wildman–Crippen LogP) is 0.997. The summed E-state index contributed by atoms with van der Waals surface area (Å²) in [5.41, 5.74) is 0. The highest BCUT2D eigenvalue weighted by Crippen LogP contribution is 2.24. The molecule has 0 unspecified atom stereocenters. The van der Waals surface area contributed by atoms with Gasteiger partial charge in [-0.25, -0.2) is 0 Å². The largest absolute Gasteiger partial charge is 0.396 e. The Morgan fingerprint density at radius 2 is 2.00 bits per heavy atom. The van der Waals surface area contributed by atoms with Crippen molar-refractivity contribution in [1.82, 2.24) is 10.2 Å². The highest BCUT2D eigenvalue weighted by atomic mass is 16.3. The van der Waals surface area contributed by atoms with Gasteiger partial charge in [0.15, 0.2) is 0 Å². The van der Waals surface area contributed by atoms with Gasteiger partial charge < -0.3 is 15.3 Å². The Morgan fingerprint density at radius 3 is 2.72 bits per heavy atom. The average Bonchev–Trinajstić information content (AvgIpc) is 2.93. The third-order valence-corrected chi connectivity index (χ3v) is 4.31. The zero-order chi connectivity index (χ0) is 12.8. The molecule has 18 heavy (non-hydrogen) atoms. The molecule has 1 amide bonds. The molecule has 104 valence electrons. The Kier molecular flexibility index (Phi) is 5.45. The first-order chi connectivity index (χ1) is 8.79.